The smallest absolute Gasteiger partial charge is 0.338 e. The van der Waals surface area contributed by atoms with E-state index in [1.54, 1.807) is 0 Å². The molecule has 0 atom stereocenters. The molecular formula is C11H14N2O7S. The van der Waals surface area contributed by atoms with E-state index < -0.39 is 32.2 Å². The number of carboxylic acids is 1. The third-order valence-electron chi connectivity index (χ3n) is 2.47. The number of nitrogens with one attached hydrogen (secondary N) is 1. The van der Waals surface area contributed by atoms with Crippen molar-refractivity contribution in [3.05, 3.63) is 33.9 Å². The van der Waals surface area contributed by atoms with E-state index in [4.69, 9.17) is 9.84 Å². The van der Waals surface area contributed by atoms with E-state index in [-0.39, 0.29) is 24.5 Å². The van der Waals surface area contributed by atoms with Crippen LogP contribution in [0, 0.1) is 10.1 Å². The fourth-order valence-corrected chi connectivity index (χ4v) is 2.64. The fraction of sp³-hybridized carbons (Fsp3) is 0.364. The number of carboxylic acid groups (broad SMARTS) is 1. The van der Waals surface area contributed by atoms with Crippen LogP contribution in [0.25, 0.3) is 0 Å². The molecule has 0 aromatic heterocycles. The molecule has 0 radical (unpaired) electrons. The SMILES string of the molecule is COCCCS(=O)(=O)Nc1ccc([N+](=O)[O-])cc1C(=O)O. The summed E-state index contributed by atoms with van der Waals surface area (Å²) in [5.41, 5.74) is -1.14. The molecule has 0 aliphatic heterocycles. The van der Waals surface area contributed by atoms with Crippen molar-refractivity contribution >= 4 is 27.4 Å². The van der Waals surface area contributed by atoms with Crippen molar-refractivity contribution in [3.8, 4) is 0 Å². The van der Waals surface area contributed by atoms with Crippen LogP contribution in [0.15, 0.2) is 18.2 Å². The van der Waals surface area contributed by atoms with E-state index in [1.807, 2.05) is 0 Å². The molecule has 0 heterocycles. The van der Waals surface area contributed by atoms with E-state index in [0.717, 1.165) is 18.2 Å². The van der Waals surface area contributed by atoms with Gasteiger partial charge in [-0.05, 0) is 12.5 Å². The Balaban J connectivity index is 3.02. The Kier molecular flexibility index (Phi) is 5.61. The van der Waals surface area contributed by atoms with Crippen LogP contribution in [0.3, 0.4) is 0 Å². The zero-order valence-electron chi connectivity index (χ0n) is 11.1. The molecule has 9 nitrogen and oxygen atoms in total. The lowest BCUT2D eigenvalue weighted by Crippen LogP contribution is -2.19. The monoisotopic (exact) mass is 318 g/mol. The summed E-state index contributed by atoms with van der Waals surface area (Å²) in [6, 6.07) is 2.88. The predicted molar refractivity (Wildman–Crippen MR) is 74.0 cm³/mol. The number of carbonyl (C=O) groups is 1. The lowest BCUT2D eigenvalue weighted by molar-refractivity contribution is -0.384. The van der Waals surface area contributed by atoms with Gasteiger partial charge in [0, 0.05) is 25.8 Å². The van der Waals surface area contributed by atoms with Crippen LogP contribution in [-0.2, 0) is 14.8 Å². The summed E-state index contributed by atoms with van der Waals surface area (Å²) in [5.74, 6) is -1.72. The summed E-state index contributed by atoms with van der Waals surface area (Å²) in [6.07, 6.45) is 0.237. The normalized spacial score (nSPS) is 11.1. The summed E-state index contributed by atoms with van der Waals surface area (Å²) in [5, 5.41) is 19.6. The number of hydrogen-bond acceptors (Lipinski definition) is 6. The molecule has 0 aliphatic rings. The molecule has 0 amide bonds. The number of methoxy groups -OCH3 is 1. The maximum atomic E-state index is 11.8. The quantitative estimate of drug-likeness (QED) is 0.415. The summed E-state index contributed by atoms with van der Waals surface area (Å²) in [7, 11) is -2.33. The highest BCUT2D eigenvalue weighted by molar-refractivity contribution is 7.92. The minimum absolute atomic E-state index is 0.217. The second-order valence-corrected chi connectivity index (χ2v) is 5.90. The molecule has 1 aromatic rings. The van der Waals surface area contributed by atoms with Gasteiger partial charge in [-0.2, -0.15) is 0 Å². The second-order valence-electron chi connectivity index (χ2n) is 4.06. The molecule has 2 N–H and O–H groups in total. The molecule has 0 spiro atoms. The molecule has 0 fully saturated rings. The van der Waals surface area contributed by atoms with Crippen molar-refractivity contribution in [1.82, 2.24) is 0 Å². The second kappa shape index (κ2) is 6.99. The highest BCUT2D eigenvalue weighted by Crippen LogP contribution is 2.23. The zero-order valence-corrected chi connectivity index (χ0v) is 11.9. The number of aromatic carboxylic acids is 1. The van der Waals surface area contributed by atoms with Gasteiger partial charge in [0.1, 0.15) is 0 Å². The van der Waals surface area contributed by atoms with Crippen molar-refractivity contribution in [2.75, 3.05) is 24.2 Å². The number of sulfonamides is 1. The standard InChI is InChI=1S/C11H14N2O7S/c1-20-5-2-6-21(18,19)12-10-4-3-8(13(16)17)7-9(10)11(14)15/h3-4,7,12H,2,5-6H2,1H3,(H,14,15). The van der Waals surface area contributed by atoms with Crippen molar-refractivity contribution in [2.45, 2.75) is 6.42 Å². The average molecular weight is 318 g/mol. The Labute approximate surface area is 120 Å². The number of hydrogen-bond donors (Lipinski definition) is 2. The summed E-state index contributed by atoms with van der Waals surface area (Å²) in [6.45, 7) is 0.243. The number of anilines is 1. The lowest BCUT2D eigenvalue weighted by Gasteiger charge is -2.10. The van der Waals surface area contributed by atoms with E-state index in [2.05, 4.69) is 4.72 Å². The van der Waals surface area contributed by atoms with Crippen LogP contribution in [0.1, 0.15) is 16.8 Å². The summed E-state index contributed by atoms with van der Waals surface area (Å²) >= 11 is 0. The van der Waals surface area contributed by atoms with Crippen LogP contribution >= 0.6 is 0 Å². The third-order valence-corrected chi connectivity index (χ3v) is 3.83. The van der Waals surface area contributed by atoms with E-state index in [9.17, 15) is 23.3 Å². The first kappa shape index (κ1) is 16.9. The van der Waals surface area contributed by atoms with E-state index >= 15 is 0 Å². The van der Waals surface area contributed by atoms with Gasteiger partial charge in [0.15, 0.2) is 0 Å². The number of nitrogens with zero attached hydrogens (tertiary/aromatic N) is 1. The first-order valence-corrected chi connectivity index (χ1v) is 7.43. The van der Waals surface area contributed by atoms with Crippen LogP contribution in [0.4, 0.5) is 11.4 Å². The van der Waals surface area contributed by atoms with E-state index in [1.165, 1.54) is 7.11 Å². The van der Waals surface area contributed by atoms with Crippen LogP contribution in [-0.4, -0.2) is 43.9 Å². The topological polar surface area (TPSA) is 136 Å². The lowest BCUT2D eigenvalue weighted by atomic mass is 10.1. The van der Waals surface area contributed by atoms with Gasteiger partial charge in [0.25, 0.3) is 5.69 Å². The molecule has 116 valence electrons. The predicted octanol–water partition coefficient (Wildman–Crippen LogP) is 1.07. The number of non-ortho nitro benzene ring substituents is 1. The van der Waals surface area contributed by atoms with Crippen LogP contribution in [0.5, 0.6) is 0 Å². The maximum Gasteiger partial charge on any atom is 0.338 e. The van der Waals surface area contributed by atoms with Crippen molar-refractivity contribution in [3.63, 3.8) is 0 Å². The molecule has 0 bridgehead atoms. The van der Waals surface area contributed by atoms with Gasteiger partial charge in [-0.1, -0.05) is 0 Å². The Bertz CT molecular complexity index is 642. The van der Waals surface area contributed by atoms with Gasteiger partial charge in [0.2, 0.25) is 10.0 Å². The summed E-state index contributed by atoms with van der Waals surface area (Å²) in [4.78, 5) is 20.9. The molecule has 21 heavy (non-hydrogen) atoms. The van der Waals surface area contributed by atoms with Gasteiger partial charge in [-0.25, -0.2) is 13.2 Å². The Morgan fingerprint density at radius 2 is 2.14 bits per heavy atom. The minimum atomic E-state index is -3.76. The van der Waals surface area contributed by atoms with Gasteiger partial charge in [-0.3, -0.25) is 14.8 Å². The first-order valence-electron chi connectivity index (χ1n) is 5.78. The zero-order chi connectivity index (χ0) is 16.0. The number of nitro groups is 1. The molecule has 0 saturated heterocycles. The highest BCUT2D eigenvalue weighted by atomic mass is 32.2. The molecular weight excluding hydrogens is 304 g/mol. The number of ether oxygens (including phenoxy) is 1. The molecule has 1 rings (SSSR count). The Morgan fingerprint density at radius 1 is 1.48 bits per heavy atom. The van der Waals surface area contributed by atoms with Gasteiger partial charge >= 0.3 is 5.97 Å². The number of benzene rings is 1. The average Bonchev–Trinajstić information content (AvgIpc) is 2.38. The fourth-order valence-electron chi connectivity index (χ4n) is 1.52. The Morgan fingerprint density at radius 3 is 2.67 bits per heavy atom. The first-order chi connectivity index (χ1) is 9.76. The number of rotatable bonds is 8. The van der Waals surface area contributed by atoms with Crippen molar-refractivity contribution in [2.24, 2.45) is 0 Å². The molecule has 0 saturated carbocycles. The molecule has 10 heteroatoms. The molecule has 0 unspecified atom stereocenters. The maximum absolute atomic E-state index is 11.8. The van der Waals surface area contributed by atoms with Crippen LogP contribution < -0.4 is 4.72 Å². The van der Waals surface area contributed by atoms with Gasteiger partial charge < -0.3 is 9.84 Å². The number of nitro benzene ring substituents is 1. The largest absolute Gasteiger partial charge is 0.478 e. The summed E-state index contributed by atoms with van der Waals surface area (Å²) < 4.78 is 30.4. The van der Waals surface area contributed by atoms with Crippen LogP contribution in [0.2, 0.25) is 0 Å². The Hall–Kier alpha value is -2.20. The van der Waals surface area contributed by atoms with E-state index in [0.29, 0.717) is 0 Å². The molecule has 1 aromatic carbocycles. The van der Waals surface area contributed by atoms with Crippen molar-refractivity contribution in [1.29, 1.82) is 0 Å². The van der Waals surface area contributed by atoms with Gasteiger partial charge in [-0.15, -0.1) is 0 Å². The molecule has 0 aliphatic carbocycles. The highest BCUT2D eigenvalue weighted by Gasteiger charge is 2.19. The van der Waals surface area contributed by atoms with Crippen molar-refractivity contribution < 1.29 is 28.0 Å². The minimum Gasteiger partial charge on any atom is -0.478 e. The third kappa shape index (κ3) is 5.00. The van der Waals surface area contributed by atoms with Gasteiger partial charge in [0.05, 0.1) is 21.9 Å².